The Morgan fingerprint density at radius 1 is 1.40 bits per heavy atom. The van der Waals surface area contributed by atoms with Gasteiger partial charge in [0.05, 0.1) is 6.20 Å². The Bertz CT molecular complexity index is 191. The van der Waals surface area contributed by atoms with Crippen molar-refractivity contribution < 1.29 is 0 Å². The molecule has 54 valence electrons. The molecule has 0 aromatic carbocycles. The maximum absolute atomic E-state index is 3.89. The van der Waals surface area contributed by atoms with Gasteiger partial charge < -0.3 is 0 Å². The lowest BCUT2D eigenvalue weighted by Crippen LogP contribution is -1.71. The van der Waals surface area contributed by atoms with Gasteiger partial charge in [-0.25, -0.2) is 0 Å². The van der Waals surface area contributed by atoms with Crippen LogP contribution < -0.4 is 0 Å². The average molecular weight is 135 g/mol. The van der Waals surface area contributed by atoms with E-state index in [4.69, 9.17) is 0 Å². The summed E-state index contributed by atoms with van der Waals surface area (Å²) in [6, 6.07) is 0. The molecule has 10 heavy (non-hydrogen) atoms. The zero-order chi connectivity index (χ0) is 7.82. The quantitative estimate of drug-likeness (QED) is 0.453. The van der Waals surface area contributed by atoms with Gasteiger partial charge >= 0.3 is 0 Å². The zero-order valence-electron chi connectivity index (χ0n) is 6.76. The van der Waals surface area contributed by atoms with Gasteiger partial charge in [0, 0.05) is 6.21 Å². The first kappa shape index (κ1) is 8.93. The van der Waals surface area contributed by atoms with E-state index in [0.717, 1.165) is 5.57 Å². The first-order chi connectivity index (χ1) is 4.89. The van der Waals surface area contributed by atoms with E-state index in [-0.39, 0.29) is 0 Å². The van der Waals surface area contributed by atoms with Crippen LogP contribution in [0.15, 0.2) is 34.6 Å². The third-order valence-electron chi connectivity index (χ3n) is 0.870. The molecule has 1 rings (SSSR count). The van der Waals surface area contributed by atoms with Crippen LogP contribution in [0.4, 0.5) is 0 Å². The second-order valence-corrected chi connectivity index (χ2v) is 1.65. The Hall–Kier alpha value is -1.07. The summed E-state index contributed by atoms with van der Waals surface area (Å²) in [5.74, 6) is 0. The maximum atomic E-state index is 3.89. The summed E-state index contributed by atoms with van der Waals surface area (Å²) < 4.78 is 0. The summed E-state index contributed by atoms with van der Waals surface area (Å²) in [6.07, 6.45) is 7.26. The molecule has 0 saturated carbocycles. The van der Waals surface area contributed by atoms with Gasteiger partial charge in [-0.3, -0.25) is 4.99 Å². The van der Waals surface area contributed by atoms with E-state index >= 15 is 0 Å². The number of nitrogens with zero attached hydrogens (tertiary/aromatic N) is 1. The lowest BCUT2D eigenvalue weighted by molar-refractivity contribution is 1.50. The van der Waals surface area contributed by atoms with Crippen LogP contribution in [0.1, 0.15) is 20.8 Å². The number of rotatable bonds is 0. The molecule has 0 radical (unpaired) electrons. The zero-order valence-corrected chi connectivity index (χ0v) is 6.76. The molecule has 0 spiro atoms. The Morgan fingerprint density at radius 3 is 2.80 bits per heavy atom. The number of hydrogen-bond donors (Lipinski definition) is 0. The molecule has 0 aromatic rings. The Kier molecular flexibility index (Phi) is 5.41. The molecule has 0 amide bonds. The van der Waals surface area contributed by atoms with Crippen LogP contribution in [0, 0.1) is 0 Å². The fourth-order valence-electron chi connectivity index (χ4n) is 0.463. The second kappa shape index (κ2) is 6.06. The van der Waals surface area contributed by atoms with E-state index in [1.807, 2.05) is 32.9 Å². The van der Waals surface area contributed by atoms with Crippen molar-refractivity contribution in [2.75, 3.05) is 0 Å². The third kappa shape index (κ3) is 3.88. The number of allylic oxidation sites excluding steroid dienone is 3. The fourth-order valence-corrected chi connectivity index (χ4v) is 0.463. The highest BCUT2D eigenvalue weighted by atomic mass is 14.7. The molecule has 1 aliphatic rings. The van der Waals surface area contributed by atoms with Gasteiger partial charge in [0.2, 0.25) is 0 Å². The minimum absolute atomic E-state index is 1.16. The van der Waals surface area contributed by atoms with E-state index < -0.39 is 0 Å². The van der Waals surface area contributed by atoms with Crippen LogP contribution in [0.5, 0.6) is 0 Å². The summed E-state index contributed by atoms with van der Waals surface area (Å²) in [7, 11) is 0. The standard InChI is InChI=1S/C7H7N.C2H6/c1-7-4-2-3-5-8-6-7;1-2/h2,4-6H,1H3;1-2H3. The minimum Gasteiger partial charge on any atom is -0.256 e. The van der Waals surface area contributed by atoms with E-state index in [9.17, 15) is 0 Å². The molecule has 0 saturated heterocycles. The molecule has 0 aliphatic carbocycles. The summed E-state index contributed by atoms with van der Waals surface area (Å²) in [4.78, 5) is 3.89. The Labute approximate surface area is 62.5 Å². The average Bonchev–Trinajstić information content (AvgIpc) is 2.21. The lowest BCUT2D eigenvalue weighted by atomic mass is 10.3. The lowest BCUT2D eigenvalue weighted by Gasteiger charge is -1.79. The van der Waals surface area contributed by atoms with E-state index in [2.05, 4.69) is 10.7 Å². The molecule has 1 aliphatic heterocycles. The van der Waals surface area contributed by atoms with Crippen molar-refractivity contribution in [1.29, 1.82) is 0 Å². The van der Waals surface area contributed by atoms with Crippen molar-refractivity contribution in [1.82, 2.24) is 0 Å². The van der Waals surface area contributed by atoms with E-state index in [0.29, 0.717) is 0 Å². The predicted molar refractivity (Wildman–Crippen MR) is 46.3 cm³/mol. The van der Waals surface area contributed by atoms with Gasteiger partial charge in [0.15, 0.2) is 0 Å². The van der Waals surface area contributed by atoms with Crippen LogP contribution in [0.2, 0.25) is 0 Å². The molecule has 1 heteroatoms. The minimum atomic E-state index is 1.16. The molecule has 1 heterocycles. The van der Waals surface area contributed by atoms with Crippen LogP contribution in [-0.2, 0) is 0 Å². The predicted octanol–water partition coefficient (Wildman–Crippen LogP) is 2.71. The summed E-state index contributed by atoms with van der Waals surface area (Å²) in [5.41, 5.74) is 4.01. The van der Waals surface area contributed by atoms with Crippen LogP contribution in [0.25, 0.3) is 0 Å². The number of aliphatic imine (C=N–C) groups is 1. The third-order valence-corrected chi connectivity index (χ3v) is 0.870. The molecular formula is C9H13N. The van der Waals surface area contributed by atoms with Gasteiger partial charge in [0.1, 0.15) is 0 Å². The van der Waals surface area contributed by atoms with Crippen molar-refractivity contribution in [3.63, 3.8) is 0 Å². The normalized spacial score (nSPS) is 13.3. The molecular weight excluding hydrogens is 122 g/mol. The van der Waals surface area contributed by atoms with Crippen molar-refractivity contribution >= 4 is 6.21 Å². The second-order valence-electron chi connectivity index (χ2n) is 1.65. The molecule has 0 fully saturated rings. The molecule has 0 bridgehead atoms. The van der Waals surface area contributed by atoms with Gasteiger partial charge in [-0.05, 0) is 24.6 Å². The highest BCUT2D eigenvalue weighted by molar-refractivity contribution is 5.78. The topological polar surface area (TPSA) is 12.4 Å². The monoisotopic (exact) mass is 135 g/mol. The summed E-state index contributed by atoms with van der Waals surface area (Å²) in [6.45, 7) is 6.00. The van der Waals surface area contributed by atoms with Gasteiger partial charge in [-0.1, -0.05) is 13.8 Å². The Balaban J connectivity index is 0.000000371. The number of hydrogen-bond acceptors (Lipinski definition) is 1. The first-order valence-corrected chi connectivity index (χ1v) is 3.50. The maximum Gasteiger partial charge on any atom is 0.0686 e. The van der Waals surface area contributed by atoms with Crippen LogP contribution in [0.3, 0.4) is 0 Å². The highest BCUT2D eigenvalue weighted by Gasteiger charge is 1.77. The Morgan fingerprint density at radius 2 is 2.10 bits per heavy atom. The van der Waals surface area contributed by atoms with E-state index in [1.165, 1.54) is 0 Å². The highest BCUT2D eigenvalue weighted by Crippen LogP contribution is 1.91. The van der Waals surface area contributed by atoms with Crippen molar-refractivity contribution in [3.05, 3.63) is 29.7 Å². The van der Waals surface area contributed by atoms with Gasteiger partial charge in [0.25, 0.3) is 0 Å². The van der Waals surface area contributed by atoms with E-state index in [1.54, 1.807) is 12.4 Å². The van der Waals surface area contributed by atoms with Crippen molar-refractivity contribution in [2.24, 2.45) is 4.99 Å². The summed E-state index contributed by atoms with van der Waals surface area (Å²) >= 11 is 0. The van der Waals surface area contributed by atoms with Crippen molar-refractivity contribution in [3.8, 4) is 0 Å². The summed E-state index contributed by atoms with van der Waals surface area (Å²) in [5, 5.41) is 0. The molecule has 0 atom stereocenters. The largest absolute Gasteiger partial charge is 0.256 e. The molecule has 0 unspecified atom stereocenters. The smallest absolute Gasteiger partial charge is 0.0686 e. The molecule has 0 N–H and O–H groups in total. The van der Waals surface area contributed by atoms with Crippen LogP contribution >= 0.6 is 0 Å². The molecule has 1 nitrogen and oxygen atoms in total. The van der Waals surface area contributed by atoms with Gasteiger partial charge in [-0.2, -0.15) is 0 Å². The molecule has 0 aromatic heterocycles. The van der Waals surface area contributed by atoms with Crippen LogP contribution in [-0.4, -0.2) is 6.21 Å². The SMILES string of the molecule is CC.CC1=CC=C=CN=C1. The first-order valence-electron chi connectivity index (χ1n) is 3.50. The fraction of sp³-hybridized carbons (Fsp3) is 0.333. The van der Waals surface area contributed by atoms with Crippen molar-refractivity contribution in [2.45, 2.75) is 20.8 Å². The van der Waals surface area contributed by atoms with Gasteiger partial charge in [-0.15, -0.1) is 5.73 Å².